The number of hydrogen-bond donors (Lipinski definition) is 0. The van der Waals surface area contributed by atoms with Crippen LogP contribution in [0.25, 0.3) is 66.4 Å². The molecule has 0 saturated heterocycles. The molecular formula is C36H23ClO. The van der Waals surface area contributed by atoms with Gasteiger partial charge < -0.3 is 4.42 Å². The predicted octanol–water partition coefficient (Wildman–Crippen LogP) is 10.9. The maximum Gasteiger partial charge on any atom is 0.143 e. The van der Waals surface area contributed by atoms with Gasteiger partial charge >= 0.3 is 0 Å². The molecule has 0 aliphatic rings. The van der Waals surface area contributed by atoms with E-state index in [1.807, 2.05) is 24.3 Å². The summed E-state index contributed by atoms with van der Waals surface area (Å²) in [7, 11) is 0. The van der Waals surface area contributed by atoms with Crippen molar-refractivity contribution in [1.82, 2.24) is 0 Å². The first kappa shape index (κ1) is 22.6. The minimum atomic E-state index is 0.740. The van der Waals surface area contributed by atoms with Gasteiger partial charge in [-0.05, 0) is 69.3 Å². The summed E-state index contributed by atoms with van der Waals surface area (Å²) >= 11 is 6.25. The number of fused-ring (bicyclic) bond motifs is 3. The Morgan fingerprint density at radius 2 is 1.00 bits per heavy atom. The van der Waals surface area contributed by atoms with Gasteiger partial charge in [0.25, 0.3) is 0 Å². The highest BCUT2D eigenvalue weighted by Crippen LogP contribution is 2.41. The number of rotatable bonds is 4. The molecule has 0 bridgehead atoms. The quantitative estimate of drug-likeness (QED) is 0.231. The summed E-state index contributed by atoms with van der Waals surface area (Å²) in [6.07, 6.45) is 0. The first-order valence-corrected chi connectivity index (χ1v) is 13.1. The highest BCUT2D eigenvalue weighted by Gasteiger charge is 2.16. The Labute approximate surface area is 226 Å². The van der Waals surface area contributed by atoms with Gasteiger partial charge in [0.2, 0.25) is 0 Å². The van der Waals surface area contributed by atoms with Crippen LogP contribution in [0.5, 0.6) is 0 Å². The molecule has 0 amide bonds. The lowest BCUT2D eigenvalue weighted by Gasteiger charge is -2.10. The van der Waals surface area contributed by atoms with Gasteiger partial charge in [0.1, 0.15) is 11.2 Å². The summed E-state index contributed by atoms with van der Waals surface area (Å²) in [4.78, 5) is 0. The molecule has 0 aliphatic carbocycles. The maximum absolute atomic E-state index is 6.51. The molecule has 0 radical (unpaired) electrons. The summed E-state index contributed by atoms with van der Waals surface area (Å²) in [5.41, 5.74) is 11.0. The normalized spacial score (nSPS) is 11.3. The Kier molecular flexibility index (Phi) is 5.57. The molecule has 1 aromatic heterocycles. The van der Waals surface area contributed by atoms with Crippen LogP contribution in [0.2, 0.25) is 5.02 Å². The average molecular weight is 507 g/mol. The lowest BCUT2D eigenvalue weighted by molar-refractivity contribution is 0.670. The molecule has 0 atom stereocenters. The fourth-order valence-electron chi connectivity index (χ4n) is 5.32. The van der Waals surface area contributed by atoms with Crippen LogP contribution in [-0.2, 0) is 0 Å². The zero-order chi connectivity index (χ0) is 25.5. The zero-order valence-electron chi connectivity index (χ0n) is 20.6. The first-order valence-electron chi connectivity index (χ1n) is 12.7. The van der Waals surface area contributed by atoms with E-state index in [2.05, 4.69) is 115 Å². The van der Waals surface area contributed by atoms with Gasteiger partial charge in [-0.25, -0.2) is 0 Å². The molecule has 2 heteroatoms. The molecular weight excluding hydrogens is 484 g/mol. The van der Waals surface area contributed by atoms with E-state index in [0.717, 1.165) is 60.3 Å². The van der Waals surface area contributed by atoms with Crippen LogP contribution in [0, 0.1) is 0 Å². The van der Waals surface area contributed by atoms with E-state index in [9.17, 15) is 0 Å². The van der Waals surface area contributed by atoms with Crippen LogP contribution in [0.3, 0.4) is 0 Å². The summed E-state index contributed by atoms with van der Waals surface area (Å²) in [5.74, 6) is 0. The molecule has 0 unspecified atom stereocenters. The summed E-state index contributed by atoms with van der Waals surface area (Å²) < 4.78 is 6.51. The maximum atomic E-state index is 6.51. The minimum absolute atomic E-state index is 0.740. The second-order valence-electron chi connectivity index (χ2n) is 9.50. The highest BCUT2D eigenvalue weighted by atomic mass is 35.5. The van der Waals surface area contributed by atoms with Crippen molar-refractivity contribution in [2.24, 2.45) is 0 Å². The largest absolute Gasteiger partial charge is 0.455 e. The van der Waals surface area contributed by atoms with Crippen LogP contribution in [0.1, 0.15) is 0 Å². The standard InChI is InChI=1S/C36H23ClO/c37-29-14-7-13-27(22-29)25-11-6-12-26(21-25)28-19-20-35-34(23-28)33-18-8-17-32(36(33)38-35)31-16-5-4-15-30(31)24-9-2-1-3-10-24/h1-23H. The van der Waals surface area contributed by atoms with Crippen molar-refractivity contribution >= 4 is 33.5 Å². The van der Waals surface area contributed by atoms with Crippen LogP contribution < -0.4 is 0 Å². The second kappa shape index (κ2) is 9.37. The number of furan rings is 1. The van der Waals surface area contributed by atoms with E-state index in [4.69, 9.17) is 16.0 Å². The SMILES string of the molecule is Clc1cccc(-c2cccc(-c3ccc4oc5c(-c6ccccc6-c6ccccc6)cccc5c4c3)c2)c1. The predicted molar refractivity (Wildman–Crippen MR) is 160 cm³/mol. The zero-order valence-corrected chi connectivity index (χ0v) is 21.3. The lowest BCUT2D eigenvalue weighted by atomic mass is 9.93. The third kappa shape index (κ3) is 3.98. The Balaban J connectivity index is 1.36. The third-order valence-corrected chi connectivity index (χ3v) is 7.39. The fraction of sp³-hybridized carbons (Fsp3) is 0. The molecule has 1 nitrogen and oxygen atoms in total. The second-order valence-corrected chi connectivity index (χ2v) is 9.93. The summed E-state index contributed by atoms with van der Waals surface area (Å²) in [6.45, 7) is 0. The van der Waals surface area contributed by atoms with E-state index in [0.29, 0.717) is 0 Å². The fourth-order valence-corrected chi connectivity index (χ4v) is 5.51. The van der Waals surface area contributed by atoms with Crippen molar-refractivity contribution in [1.29, 1.82) is 0 Å². The van der Waals surface area contributed by atoms with Crippen molar-refractivity contribution in [2.45, 2.75) is 0 Å². The summed E-state index contributed by atoms with van der Waals surface area (Å²) in [6, 6.07) is 48.5. The number of para-hydroxylation sites is 1. The van der Waals surface area contributed by atoms with Gasteiger partial charge in [0.15, 0.2) is 0 Å². The van der Waals surface area contributed by atoms with Crippen LogP contribution in [-0.4, -0.2) is 0 Å². The molecule has 180 valence electrons. The number of benzene rings is 6. The molecule has 6 aromatic carbocycles. The number of halogens is 1. The molecule has 0 saturated carbocycles. The van der Waals surface area contributed by atoms with E-state index in [1.54, 1.807) is 0 Å². The van der Waals surface area contributed by atoms with E-state index in [-0.39, 0.29) is 0 Å². The number of hydrogen-bond acceptors (Lipinski definition) is 1. The molecule has 1 heterocycles. The topological polar surface area (TPSA) is 13.1 Å². The van der Waals surface area contributed by atoms with Crippen molar-refractivity contribution < 1.29 is 4.42 Å². The monoisotopic (exact) mass is 506 g/mol. The Morgan fingerprint density at radius 1 is 0.395 bits per heavy atom. The van der Waals surface area contributed by atoms with Gasteiger partial charge in [-0.15, -0.1) is 0 Å². The van der Waals surface area contributed by atoms with Crippen LogP contribution >= 0.6 is 11.6 Å². The molecule has 0 fully saturated rings. The van der Waals surface area contributed by atoms with Gasteiger partial charge in [-0.2, -0.15) is 0 Å². The van der Waals surface area contributed by atoms with E-state index < -0.39 is 0 Å². The van der Waals surface area contributed by atoms with Crippen LogP contribution in [0.4, 0.5) is 0 Å². The lowest BCUT2D eigenvalue weighted by Crippen LogP contribution is -1.85. The summed E-state index contributed by atoms with van der Waals surface area (Å²) in [5, 5.41) is 2.97. The van der Waals surface area contributed by atoms with Crippen molar-refractivity contribution in [3.8, 4) is 44.5 Å². The van der Waals surface area contributed by atoms with Gasteiger partial charge in [0, 0.05) is 21.4 Å². The van der Waals surface area contributed by atoms with Crippen LogP contribution in [0.15, 0.2) is 144 Å². The van der Waals surface area contributed by atoms with Crippen molar-refractivity contribution in [3.63, 3.8) is 0 Å². The third-order valence-electron chi connectivity index (χ3n) is 7.15. The van der Waals surface area contributed by atoms with E-state index >= 15 is 0 Å². The smallest absolute Gasteiger partial charge is 0.143 e. The Hall–Kier alpha value is -4.59. The Bertz CT molecular complexity index is 1930. The molecule has 0 spiro atoms. The van der Waals surface area contributed by atoms with Crippen molar-refractivity contribution in [3.05, 3.63) is 145 Å². The molecule has 7 rings (SSSR count). The first-order chi connectivity index (χ1) is 18.7. The molecule has 0 N–H and O–H groups in total. The van der Waals surface area contributed by atoms with Gasteiger partial charge in [-0.1, -0.05) is 121 Å². The molecule has 0 aliphatic heterocycles. The minimum Gasteiger partial charge on any atom is -0.455 e. The van der Waals surface area contributed by atoms with Gasteiger partial charge in [0.05, 0.1) is 0 Å². The van der Waals surface area contributed by atoms with E-state index in [1.165, 1.54) is 11.1 Å². The average Bonchev–Trinajstić information content (AvgIpc) is 3.36. The van der Waals surface area contributed by atoms with Gasteiger partial charge in [-0.3, -0.25) is 0 Å². The van der Waals surface area contributed by atoms with Crippen molar-refractivity contribution in [2.75, 3.05) is 0 Å². The molecule has 38 heavy (non-hydrogen) atoms. The molecule has 7 aromatic rings. The highest BCUT2D eigenvalue weighted by molar-refractivity contribution is 6.30. The Morgan fingerprint density at radius 3 is 1.79 bits per heavy atom.